The number of phenolic OH excluding ortho intramolecular Hbond substituents is 2. The number of benzene rings is 3. The van der Waals surface area contributed by atoms with Crippen molar-refractivity contribution in [2.75, 3.05) is 6.86 Å². The molecule has 0 spiro atoms. The van der Waals surface area contributed by atoms with E-state index in [0.29, 0.717) is 11.3 Å². The van der Waals surface area contributed by atoms with Crippen LogP contribution in [0.2, 0.25) is 0 Å². The number of hydrogen-bond donors (Lipinski definition) is 2. The standard InChI is InChI=1S/C24H18FNO5S/c25-14-31-19-7-5-17(6-8-19)18-3-1-2-16(10-18)13-26-23(29)22(32-24(26)30)12-15-4-9-20(27)21(28)11-15/h1-12,27-28H,13-14H2/b22-12-. The van der Waals surface area contributed by atoms with Gasteiger partial charge in [-0.15, -0.1) is 0 Å². The van der Waals surface area contributed by atoms with Crippen LogP contribution in [-0.4, -0.2) is 33.1 Å². The van der Waals surface area contributed by atoms with Crippen molar-refractivity contribution in [3.05, 3.63) is 82.8 Å². The molecule has 1 fully saturated rings. The maximum absolute atomic E-state index is 12.8. The molecule has 2 amide bonds. The van der Waals surface area contributed by atoms with Crippen molar-refractivity contribution < 1.29 is 28.9 Å². The molecule has 0 aliphatic carbocycles. The van der Waals surface area contributed by atoms with Crippen LogP contribution in [0.3, 0.4) is 0 Å². The Kier molecular flexibility index (Phi) is 6.13. The zero-order chi connectivity index (χ0) is 22.7. The van der Waals surface area contributed by atoms with Crippen molar-refractivity contribution in [3.8, 4) is 28.4 Å². The highest BCUT2D eigenvalue weighted by Gasteiger charge is 2.35. The number of phenols is 2. The molecule has 1 saturated heterocycles. The number of imide groups is 1. The first kappa shape index (κ1) is 21.5. The third-order valence-corrected chi connectivity index (χ3v) is 5.75. The molecule has 0 atom stereocenters. The van der Waals surface area contributed by atoms with Crippen molar-refractivity contribution in [2.24, 2.45) is 0 Å². The van der Waals surface area contributed by atoms with Gasteiger partial charge in [0.05, 0.1) is 11.4 Å². The predicted molar refractivity (Wildman–Crippen MR) is 120 cm³/mol. The molecule has 3 aromatic rings. The quantitative estimate of drug-likeness (QED) is 0.390. The molecular weight excluding hydrogens is 433 g/mol. The molecule has 2 N–H and O–H groups in total. The lowest BCUT2D eigenvalue weighted by Crippen LogP contribution is -2.27. The zero-order valence-corrected chi connectivity index (χ0v) is 17.5. The fourth-order valence-corrected chi connectivity index (χ4v) is 4.09. The predicted octanol–water partition coefficient (Wildman–Crippen LogP) is 5.31. The van der Waals surface area contributed by atoms with Crippen molar-refractivity contribution in [2.45, 2.75) is 6.54 Å². The van der Waals surface area contributed by atoms with Gasteiger partial charge in [0.1, 0.15) is 5.75 Å². The second-order valence-electron chi connectivity index (χ2n) is 6.99. The van der Waals surface area contributed by atoms with Gasteiger partial charge in [0.2, 0.25) is 6.86 Å². The summed E-state index contributed by atoms with van der Waals surface area (Å²) in [6.07, 6.45) is 1.50. The first-order valence-electron chi connectivity index (χ1n) is 9.60. The Morgan fingerprint density at radius 2 is 1.72 bits per heavy atom. The normalized spacial score (nSPS) is 14.9. The number of ether oxygens (including phenoxy) is 1. The van der Waals surface area contributed by atoms with Gasteiger partial charge in [0.15, 0.2) is 11.5 Å². The van der Waals surface area contributed by atoms with Gasteiger partial charge in [-0.1, -0.05) is 36.4 Å². The minimum absolute atomic E-state index is 0.111. The van der Waals surface area contributed by atoms with Crippen LogP contribution in [0.4, 0.5) is 9.18 Å². The molecule has 1 aliphatic heterocycles. The van der Waals surface area contributed by atoms with E-state index in [1.165, 1.54) is 24.3 Å². The number of halogens is 1. The van der Waals surface area contributed by atoms with Gasteiger partial charge in [0, 0.05) is 0 Å². The lowest BCUT2D eigenvalue weighted by atomic mass is 10.0. The van der Waals surface area contributed by atoms with E-state index < -0.39 is 12.8 Å². The second kappa shape index (κ2) is 9.15. The second-order valence-corrected chi connectivity index (χ2v) is 7.99. The first-order valence-corrected chi connectivity index (χ1v) is 10.4. The van der Waals surface area contributed by atoms with Gasteiger partial charge in [-0.2, -0.15) is 0 Å². The van der Waals surface area contributed by atoms with Gasteiger partial charge in [-0.05, 0) is 70.4 Å². The summed E-state index contributed by atoms with van der Waals surface area (Å²) >= 11 is 0.823. The van der Waals surface area contributed by atoms with E-state index in [1.807, 2.05) is 24.3 Å². The zero-order valence-electron chi connectivity index (χ0n) is 16.7. The number of nitrogens with zero attached hydrogens (tertiary/aromatic N) is 1. The van der Waals surface area contributed by atoms with E-state index in [4.69, 9.17) is 4.74 Å². The highest BCUT2D eigenvalue weighted by molar-refractivity contribution is 8.18. The Bertz CT molecular complexity index is 1210. The average Bonchev–Trinajstić information content (AvgIpc) is 3.04. The lowest BCUT2D eigenvalue weighted by molar-refractivity contribution is -0.123. The molecule has 3 aromatic carbocycles. The molecule has 0 unspecified atom stereocenters. The number of hydrogen-bond acceptors (Lipinski definition) is 6. The van der Waals surface area contributed by atoms with Crippen LogP contribution in [0.1, 0.15) is 11.1 Å². The van der Waals surface area contributed by atoms with Gasteiger partial charge in [0.25, 0.3) is 11.1 Å². The highest BCUT2D eigenvalue weighted by atomic mass is 32.2. The highest BCUT2D eigenvalue weighted by Crippen LogP contribution is 2.35. The smallest absolute Gasteiger partial charge is 0.293 e. The molecule has 1 aliphatic rings. The third kappa shape index (κ3) is 4.60. The van der Waals surface area contributed by atoms with Gasteiger partial charge in [-0.3, -0.25) is 14.5 Å². The molecule has 4 rings (SSSR count). The van der Waals surface area contributed by atoms with Crippen LogP contribution in [0, 0.1) is 0 Å². The fourth-order valence-electron chi connectivity index (χ4n) is 3.26. The Balaban J connectivity index is 1.52. The van der Waals surface area contributed by atoms with Crippen LogP contribution in [0.5, 0.6) is 17.2 Å². The van der Waals surface area contributed by atoms with Crippen molar-refractivity contribution in [1.82, 2.24) is 4.90 Å². The van der Waals surface area contributed by atoms with E-state index in [9.17, 15) is 24.2 Å². The van der Waals surface area contributed by atoms with Crippen molar-refractivity contribution in [3.63, 3.8) is 0 Å². The maximum Gasteiger partial charge on any atom is 0.293 e. The SMILES string of the molecule is O=C1S/C(=C\c2ccc(O)c(O)c2)C(=O)N1Cc1cccc(-c2ccc(OCF)cc2)c1. The first-order chi connectivity index (χ1) is 15.4. The molecule has 162 valence electrons. The topological polar surface area (TPSA) is 87.1 Å². The fraction of sp³-hybridized carbons (Fsp3) is 0.0833. The van der Waals surface area contributed by atoms with Crippen LogP contribution in [-0.2, 0) is 11.3 Å². The van der Waals surface area contributed by atoms with Gasteiger partial charge >= 0.3 is 0 Å². The average molecular weight is 451 g/mol. The summed E-state index contributed by atoms with van der Waals surface area (Å²) in [6.45, 7) is -0.783. The number of aromatic hydroxyl groups is 2. The molecular formula is C24H18FNO5S. The number of amides is 2. The molecule has 0 saturated carbocycles. The number of carbonyl (C=O) groups excluding carboxylic acids is 2. The molecule has 32 heavy (non-hydrogen) atoms. The Morgan fingerprint density at radius 1 is 0.938 bits per heavy atom. The van der Waals surface area contributed by atoms with Crippen LogP contribution in [0.15, 0.2) is 71.6 Å². The summed E-state index contributed by atoms with van der Waals surface area (Å²) in [7, 11) is 0. The van der Waals surface area contributed by atoms with E-state index in [0.717, 1.165) is 33.4 Å². The molecule has 6 nitrogen and oxygen atoms in total. The summed E-state index contributed by atoms with van der Waals surface area (Å²) in [5.41, 5.74) is 3.04. The summed E-state index contributed by atoms with van der Waals surface area (Å²) in [5.74, 6) is -0.566. The number of thioether (sulfide) groups is 1. The number of carbonyl (C=O) groups is 2. The minimum Gasteiger partial charge on any atom is -0.504 e. The van der Waals surface area contributed by atoms with E-state index in [-0.39, 0.29) is 28.2 Å². The van der Waals surface area contributed by atoms with E-state index in [2.05, 4.69) is 0 Å². The van der Waals surface area contributed by atoms with E-state index >= 15 is 0 Å². The molecule has 0 aromatic heterocycles. The minimum atomic E-state index is -0.894. The van der Waals surface area contributed by atoms with Crippen molar-refractivity contribution in [1.29, 1.82) is 0 Å². The van der Waals surface area contributed by atoms with Crippen molar-refractivity contribution >= 4 is 29.0 Å². The summed E-state index contributed by atoms with van der Waals surface area (Å²) in [4.78, 5) is 26.6. The summed E-state index contributed by atoms with van der Waals surface area (Å²) in [6, 6.07) is 18.6. The van der Waals surface area contributed by atoms with Gasteiger partial charge < -0.3 is 14.9 Å². The summed E-state index contributed by atoms with van der Waals surface area (Å²) < 4.78 is 17.1. The monoisotopic (exact) mass is 451 g/mol. The Labute approximate surface area is 187 Å². The van der Waals surface area contributed by atoms with E-state index in [1.54, 1.807) is 24.3 Å². The number of alkyl halides is 1. The molecule has 0 bridgehead atoms. The molecule has 0 radical (unpaired) electrons. The Hall–Kier alpha value is -3.78. The summed E-state index contributed by atoms with van der Waals surface area (Å²) in [5, 5.41) is 18.7. The molecule has 1 heterocycles. The Morgan fingerprint density at radius 3 is 2.44 bits per heavy atom. The lowest BCUT2D eigenvalue weighted by Gasteiger charge is -2.13. The van der Waals surface area contributed by atoms with Crippen LogP contribution >= 0.6 is 11.8 Å². The maximum atomic E-state index is 12.8. The van der Waals surface area contributed by atoms with Crippen LogP contribution < -0.4 is 4.74 Å². The largest absolute Gasteiger partial charge is 0.504 e. The third-order valence-electron chi connectivity index (χ3n) is 4.85. The van der Waals surface area contributed by atoms with Gasteiger partial charge in [-0.25, -0.2) is 4.39 Å². The molecule has 8 heteroatoms. The van der Waals surface area contributed by atoms with Crippen LogP contribution in [0.25, 0.3) is 17.2 Å². The number of rotatable bonds is 6.